The minimum absolute atomic E-state index is 0.0141. The molecule has 1 atom stereocenters. The standard InChI is InChI=1S/C15H21N3OS/c1-10(11-6-8-12(19-5)9-7-11)16-14-17-13(18-20-14)15(2,3)4/h6-10H,1-5H3,(H,16,17,18). The van der Waals surface area contributed by atoms with Gasteiger partial charge < -0.3 is 10.1 Å². The highest BCUT2D eigenvalue weighted by atomic mass is 32.1. The summed E-state index contributed by atoms with van der Waals surface area (Å²) in [4.78, 5) is 4.55. The van der Waals surface area contributed by atoms with Crippen LogP contribution in [0.15, 0.2) is 24.3 Å². The van der Waals surface area contributed by atoms with Crippen LogP contribution in [0, 0.1) is 0 Å². The zero-order valence-corrected chi connectivity index (χ0v) is 13.4. The maximum Gasteiger partial charge on any atom is 0.203 e. The van der Waals surface area contributed by atoms with Gasteiger partial charge in [0.1, 0.15) is 11.6 Å². The van der Waals surface area contributed by atoms with Crippen LogP contribution < -0.4 is 10.1 Å². The van der Waals surface area contributed by atoms with Crippen LogP contribution >= 0.6 is 11.5 Å². The van der Waals surface area contributed by atoms with Gasteiger partial charge in [-0.1, -0.05) is 32.9 Å². The molecule has 1 aromatic carbocycles. The molecule has 108 valence electrons. The quantitative estimate of drug-likeness (QED) is 0.924. The van der Waals surface area contributed by atoms with E-state index in [1.807, 2.05) is 12.1 Å². The van der Waals surface area contributed by atoms with Crippen molar-refractivity contribution in [2.45, 2.75) is 39.2 Å². The highest BCUT2D eigenvalue weighted by molar-refractivity contribution is 7.09. The maximum absolute atomic E-state index is 5.17. The Hall–Kier alpha value is -1.62. The third kappa shape index (κ3) is 3.48. The van der Waals surface area contributed by atoms with Crippen molar-refractivity contribution in [3.63, 3.8) is 0 Å². The second kappa shape index (κ2) is 5.79. The fraction of sp³-hybridized carbons (Fsp3) is 0.467. The van der Waals surface area contributed by atoms with Gasteiger partial charge in [0.25, 0.3) is 0 Å². The number of hydrogen-bond acceptors (Lipinski definition) is 5. The van der Waals surface area contributed by atoms with E-state index >= 15 is 0 Å². The largest absolute Gasteiger partial charge is 0.497 e. The molecule has 1 N–H and O–H groups in total. The molecule has 0 aliphatic heterocycles. The van der Waals surface area contributed by atoms with Gasteiger partial charge in [-0.25, -0.2) is 4.98 Å². The third-order valence-corrected chi connectivity index (χ3v) is 3.70. The lowest BCUT2D eigenvalue weighted by molar-refractivity contribution is 0.414. The Morgan fingerprint density at radius 1 is 1.20 bits per heavy atom. The molecule has 20 heavy (non-hydrogen) atoms. The molecule has 0 saturated heterocycles. The monoisotopic (exact) mass is 291 g/mol. The normalized spacial score (nSPS) is 13.1. The van der Waals surface area contributed by atoms with Crippen LogP contribution in [0.3, 0.4) is 0 Å². The lowest BCUT2D eigenvalue weighted by Gasteiger charge is -2.14. The average Bonchev–Trinajstić information content (AvgIpc) is 2.87. The minimum Gasteiger partial charge on any atom is -0.497 e. The number of ether oxygens (including phenoxy) is 1. The van der Waals surface area contributed by atoms with E-state index in [9.17, 15) is 0 Å². The summed E-state index contributed by atoms with van der Waals surface area (Å²) >= 11 is 1.41. The number of anilines is 1. The zero-order chi connectivity index (χ0) is 14.8. The molecule has 1 aromatic heterocycles. The van der Waals surface area contributed by atoms with E-state index < -0.39 is 0 Å². The summed E-state index contributed by atoms with van der Waals surface area (Å²) in [5.74, 6) is 1.75. The Morgan fingerprint density at radius 3 is 2.35 bits per heavy atom. The summed E-state index contributed by atoms with van der Waals surface area (Å²) < 4.78 is 9.58. The van der Waals surface area contributed by atoms with E-state index in [0.29, 0.717) is 0 Å². The number of benzene rings is 1. The van der Waals surface area contributed by atoms with E-state index in [2.05, 4.69) is 54.5 Å². The molecule has 5 heteroatoms. The van der Waals surface area contributed by atoms with Gasteiger partial charge in [-0.2, -0.15) is 4.37 Å². The average molecular weight is 291 g/mol. The van der Waals surface area contributed by atoms with Crippen molar-refractivity contribution in [2.24, 2.45) is 0 Å². The number of methoxy groups -OCH3 is 1. The molecule has 0 amide bonds. The lowest BCUT2D eigenvalue weighted by atomic mass is 9.96. The van der Waals surface area contributed by atoms with Crippen molar-refractivity contribution in [2.75, 3.05) is 12.4 Å². The SMILES string of the molecule is COc1ccc(C(C)Nc2nc(C(C)(C)C)ns2)cc1. The first-order chi connectivity index (χ1) is 9.40. The first-order valence-corrected chi connectivity index (χ1v) is 7.42. The summed E-state index contributed by atoms with van der Waals surface area (Å²) in [5, 5.41) is 4.25. The van der Waals surface area contributed by atoms with Crippen LogP contribution in [0.4, 0.5) is 5.13 Å². The van der Waals surface area contributed by atoms with Crippen molar-refractivity contribution in [3.8, 4) is 5.75 Å². The van der Waals surface area contributed by atoms with Crippen molar-refractivity contribution in [1.29, 1.82) is 0 Å². The highest BCUT2D eigenvalue weighted by Crippen LogP contribution is 2.26. The Balaban J connectivity index is 2.07. The molecule has 4 nitrogen and oxygen atoms in total. The fourth-order valence-electron chi connectivity index (χ4n) is 1.75. The molecule has 0 aliphatic carbocycles. The molecule has 0 radical (unpaired) electrons. The minimum atomic E-state index is -0.0141. The second-order valence-corrected chi connectivity index (χ2v) is 6.56. The van der Waals surface area contributed by atoms with Gasteiger partial charge in [-0.3, -0.25) is 0 Å². The van der Waals surface area contributed by atoms with Crippen LogP contribution in [-0.2, 0) is 5.41 Å². The first kappa shape index (κ1) is 14.8. The van der Waals surface area contributed by atoms with Crippen LogP contribution in [-0.4, -0.2) is 16.5 Å². The molecule has 1 heterocycles. The molecule has 2 aromatic rings. The molecular weight excluding hydrogens is 270 g/mol. The van der Waals surface area contributed by atoms with Gasteiger partial charge in [0.15, 0.2) is 0 Å². The van der Waals surface area contributed by atoms with Crippen LogP contribution in [0.2, 0.25) is 0 Å². The summed E-state index contributed by atoms with van der Waals surface area (Å²) in [6.07, 6.45) is 0. The van der Waals surface area contributed by atoms with Gasteiger partial charge in [0.05, 0.1) is 13.2 Å². The first-order valence-electron chi connectivity index (χ1n) is 6.65. The number of nitrogens with zero attached hydrogens (tertiary/aromatic N) is 2. The van der Waals surface area contributed by atoms with Crippen molar-refractivity contribution in [3.05, 3.63) is 35.7 Å². The van der Waals surface area contributed by atoms with Crippen LogP contribution in [0.1, 0.15) is 45.1 Å². The number of nitrogens with one attached hydrogen (secondary N) is 1. The van der Waals surface area contributed by atoms with Crippen molar-refractivity contribution in [1.82, 2.24) is 9.36 Å². The molecule has 1 unspecified atom stereocenters. The Bertz CT molecular complexity index is 557. The second-order valence-electron chi connectivity index (χ2n) is 5.81. The molecule has 0 fully saturated rings. The Labute approximate surface area is 124 Å². The number of aromatic nitrogens is 2. The maximum atomic E-state index is 5.17. The summed E-state index contributed by atoms with van der Waals surface area (Å²) in [7, 11) is 1.67. The zero-order valence-electron chi connectivity index (χ0n) is 12.6. The van der Waals surface area contributed by atoms with Gasteiger partial charge in [-0.15, -0.1) is 0 Å². The smallest absolute Gasteiger partial charge is 0.203 e. The Kier molecular flexibility index (Phi) is 4.28. The lowest BCUT2D eigenvalue weighted by Crippen LogP contribution is -2.13. The van der Waals surface area contributed by atoms with E-state index in [1.54, 1.807) is 7.11 Å². The fourth-order valence-corrected chi connectivity index (χ4v) is 2.59. The molecule has 0 aliphatic rings. The number of hydrogen-bond donors (Lipinski definition) is 1. The summed E-state index contributed by atoms with van der Waals surface area (Å²) in [6, 6.07) is 8.23. The van der Waals surface area contributed by atoms with Crippen molar-refractivity contribution < 1.29 is 4.74 Å². The van der Waals surface area contributed by atoms with E-state index in [-0.39, 0.29) is 11.5 Å². The predicted molar refractivity (Wildman–Crippen MR) is 83.6 cm³/mol. The highest BCUT2D eigenvalue weighted by Gasteiger charge is 2.20. The van der Waals surface area contributed by atoms with Crippen LogP contribution in [0.25, 0.3) is 0 Å². The Morgan fingerprint density at radius 2 is 1.85 bits per heavy atom. The van der Waals surface area contributed by atoms with Gasteiger partial charge in [0.2, 0.25) is 5.13 Å². The molecule has 2 rings (SSSR count). The van der Waals surface area contributed by atoms with Crippen LogP contribution in [0.5, 0.6) is 5.75 Å². The molecule has 0 spiro atoms. The van der Waals surface area contributed by atoms with Gasteiger partial charge in [0, 0.05) is 16.9 Å². The van der Waals surface area contributed by atoms with Gasteiger partial charge >= 0.3 is 0 Å². The summed E-state index contributed by atoms with van der Waals surface area (Å²) in [6.45, 7) is 8.46. The van der Waals surface area contributed by atoms with E-state index in [1.165, 1.54) is 17.1 Å². The molecule has 0 bridgehead atoms. The number of rotatable bonds is 4. The molecular formula is C15H21N3OS. The topological polar surface area (TPSA) is 47.0 Å². The van der Waals surface area contributed by atoms with E-state index in [4.69, 9.17) is 4.74 Å². The van der Waals surface area contributed by atoms with E-state index in [0.717, 1.165) is 16.7 Å². The third-order valence-electron chi connectivity index (χ3n) is 3.05. The van der Waals surface area contributed by atoms with Gasteiger partial charge in [-0.05, 0) is 24.6 Å². The predicted octanol–water partition coefficient (Wildman–Crippen LogP) is 4.02. The summed E-state index contributed by atoms with van der Waals surface area (Å²) in [5.41, 5.74) is 1.18. The molecule has 0 saturated carbocycles. The van der Waals surface area contributed by atoms with Crippen molar-refractivity contribution >= 4 is 16.7 Å².